The van der Waals surface area contributed by atoms with Crippen LogP contribution >= 0.6 is 0 Å². The third-order valence-electron chi connectivity index (χ3n) is 13.1. The van der Waals surface area contributed by atoms with Crippen molar-refractivity contribution in [3.63, 3.8) is 0 Å². The van der Waals surface area contributed by atoms with E-state index in [1.807, 2.05) is 24.7 Å². The average Bonchev–Trinajstić information content (AvgIpc) is 3.40. The van der Waals surface area contributed by atoms with Crippen LogP contribution in [0.15, 0.2) is 207 Å². The van der Waals surface area contributed by atoms with E-state index in [2.05, 4.69) is 224 Å². The molecule has 0 atom stereocenters. The van der Waals surface area contributed by atoms with Crippen molar-refractivity contribution >= 4 is 21.5 Å². The fourth-order valence-corrected chi connectivity index (χ4v) is 9.33. The summed E-state index contributed by atoms with van der Waals surface area (Å²) in [6.45, 7) is 4.16. The minimum absolute atomic E-state index is 0. The number of nitrogens with zero attached hydrogens (tertiary/aromatic N) is 3. The smallest absolute Gasteiger partial charge is 0.305 e. The van der Waals surface area contributed by atoms with Crippen LogP contribution in [0.2, 0.25) is 0 Å². The van der Waals surface area contributed by atoms with Crippen LogP contribution in [-0.2, 0) is 45.8 Å². The Bertz CT molecular complexity index is 3560. The van der Waals surface area contributed by atoms with E-state index in [4.69, 9.17) is 4.98 Å². The largest absolute Gasteiger partial charge is 3.00 e. The van der Waals surface area contributed by atoms with Crippen molar-refractivity contribution in [2.45, 2.75) is 39.5 Å². The van der Waals surface area contributed by atoms with E-state index in [0.717, 1.165) is 76.1 Å². The maximum absolute atomic E-state index is 4.81. The van der Waals surface area contributed by atoms with Crippen LogP contribution in [0.5, 0.6) is 0 Å². The van der Waals surface area contributed by atoms with Gasteiger partial charge in [0, 0.05) is 18.6 Å². The molecule has 8 aromatic carbocycles. The molecular formula is C65H48IrN3. The summed E-state index contributed by atoms with van der Waals surface area (Å²) >= 11 is 0. The van der Waals surface area contributed by atoms with E-state index >= 15 is 0 Å². The van der Waals surface area contributed by atoms with Gasteiger partial charge in [-0.2, -0.15) is 0 Å². The first-order valence-corrected chi connectivity index (χ1v) is 23.5. The maximum atomic E-state index is 4.81. The standard InChI is InChI=1S/C65H48N3.Ir/c1-44-33-35-66-64(37-44)53-22-18-47(19-23-53)13-15-49-38-48(14-12-46-16-20-52(21-17-46)63-32-11-45(2)43-68-63)39-58(40-49)61-10-6-5-9-60(61)51-24-27-54(28-25-51)65-42-56(34-36-67-65)55-30-31-62-57(41-55)29-26-50-7-3-4-8-59(50)62;/h3-11,16-20,22,24-27,29-43H,12-15H2,1-2H3;/q-3;+3. The Morgan fingerprint density at radius 1 is 0.362 bits per heavy atom. The molecular weight excluding hydrogens is 1010 g/mol. The summed E-state index contributed by atoms with van der Waals surface area (Å²) in [5.41, 5.74) is 20.3. The van der Waals surface area contributed by atoms with Crippen molar-refractivity contribution < 1.29 is 20.1 Å². The summed E-state index contributed by atoms with van der Waals surface area (Å²) in [5, 5.41) is 5.03. The SMILES string of the molecule is Cc1ccc(-c2[c-]cc(CCc3cc(CCc4c[c-]c(-c5cc(C)ccn5)cc4)cc(-c4ccccc4-c4c[c-]c(-c5cc(-c6ccc7c(ccc8ccccc87)c6)ccn5)cc4)c3)cc2)nc1.[Ir+3]. The van der Waals surface area contributed by atoms with Gasteiger partial charge in [-0.1, -0.05) is 145 Å². The van der Waals surface area contributed by atoms with Crippen LogP contribution in [0.4, 0.5) is 0 Å². The zero-order valence-electron chi connectivity index (χ0n) is 38.6. The van der Waals surface area contributed by atoms with Gasteiger partial charge in [-0.25, -0.2) is 0 Å². The summed E-state index contributed by atoms with van der Waals surface area (Å²) in [7, 11) is 0. The monoisotopic (exact) mass is 1060 g/mol. The van der Waals surface area contributed by atoms with E-state index < -0.39 is 0 Å². The molecule has 3 nitrogen and oxygen atoms in total. The van der Waals surface area contributed by atoms with E-state index in [9.17, 15) is 0 Å². The van der Waals surface area contributed by atoms with Crippen molar-refractivity contribution in [3.8, 4) is 67.2 Å². The Morgan fingerprint density at radius 3 is 1.61 bits per heavy atom. The molecule has 69 heavy (non-hydrogen) atoms. The summed E-state index contributed by atoms with van der Waals surface area (Å²) in [4.78, 5) is 14.0. The molecule has 0 spiro atoms. The molecule has 0 radical (unpaired) electrons. The van der Waals surface area contributed by atoms with Crippen LogP contribution < -0.4 is 0 Å². The van der Waals surface area contributed by atoms with Gasteiger partial charge in [0.25, 0.3) is 0 Å². The summed E-state index contributed by atoms with van der Waals surface area (Å²) in [6.07, 6.45) is 9.33. The van der Waals surface area contributed by atoms with E-state index in [-0.39, 0.29) is 20.1 Å². The molecule has 0 N–H and O–H groups in total. The van der Waals surface area contributed by atoms with Gasteiger partial charge < -0.3 is 15.0 Å². The summed E-state index contributed by atoms with van der Waals surface area (Å²) in [5.74, 6) is 0. The summed E-state index contributed by atoms with van der Waals surface area (Å²) in [6, 6.07) is 78.4. The quantitative estimate of drug-likeness (QED) is 0.0904. The molecule has 3 aromatic heterocycles. The average molecular weight is 1060 g/mol. The van der Waals surface area contributed by atoms with Crippen molar-refractivity contribution in [2.24, 2.45) is 0 Å². The van der Waals surface area contributed by atoms with Crippen LogP contribution in [-0.4, -0.2) is 15.0 Å². The Morgan fingerprint density at radius 2 is 0.942 bits per heavy atom. The van der Waals surface area contributed by atoms with Gasteiger partial charge >= 0.3 is 20.1 Å². The number of hydrogen-bond acceptors (Lipinski definition) is 3. The topological polar surface area (TPSA) is 38.7 Å². The third-order valence-corrected chi connectivity index (χ3v) is 13.1. The molecule has 0 aliphatic carbocycles. The fourth-order valence-electron chi connectivity index (χ4n) is 9.33. The van der Waals surface area contributed by atoms with Gasteiger partial charge in [0.15, 0.2) is 0 Å². The first-order valence-electron chi connectivity index (χ1n) is 23.5. The molecule has 0 amide bonds. The zero-order chi connectivity index (χ0) is 45.8. The molecule has 0 bridgehead atoms. The van der Waals surface area contributed by atoms with E-state index in [0.29, 0.717) is 0 Å². The number of aromatic nitrogens is 3. The van der Waals surface area contributed by atoms with Gasteiger partial charge in [-0.3, -0.25) is 0 Å². The minimum atomic E-state index is 0. The fraction of sp³-hybridized carbons (Fsp3) is 0.0923. The van der Waals surface area contributed by atoms with Gasteiger partial charge in [0.05, 0.1) is 0 Å². The van der Waals surface area contributed by atoms with Crippen LogP contribution in [0.25, 0.3) is 88.7 Å². The zero-order valence-corrected chi connectivity index (χ0v) is 41.0. The van der Waals surface area contributed by atoms with Gasteiger partial charge in [-0.05, 0) is 122 Å². The maximum Gasteiger partial charge on any atom is 3.00 e. The van der Waals surface area contributed by atoms with Crippen molar-refractivity contribution in [3.05, 3.63) is 258 Å². The van der Waals surface area contributed by atoms with E-state index in [1.54, 1.807) is 0 Å². The Labute approximate surface area is 419 Å². The van der Waals surface area contributed by atoms with Crippen LogP contribution in [0.1, 0.15) is 33.4 Å². The Balaban J connectivity index is 0.00000553. The second kappa shape index (κ2) is 20.3. The molecule has 0 saturated heterocycles. The summed E-state index contributed by atoms with van der Waals surface area (Å²) < 4.78 is 0. The molecule has 11 rings (SSSR count). The van der Waals surface area contributed by atoms with E-state index in [1.165, 1.54) is 71.6 Å². The van der Waals surface area contributed by atoms with Crippen LogP contribution in [0.3, 0.4) is 0 Å². The molecule has 0 fully saturated rings. The number of benzene rings is 8. The van der Waals surface area contributed by atoms with Crippen molar-refractivity contribution in [2.75, 3.05) is 0 Å². The number of fused-ring (bicyclic) bond motifs is 3. The molecule has 332 valence electrons. The van der Waals surface area contributed by atoms with Gasteiger partial charge in [-0.15, -0.1) is 101 Å². The molecule has 0 saturated carbocycles. The van der Waals surface area contributed by atoms with Crippen LogP contribution in [0, 0.1) is 32.0 Å². The second-order valence-electron chi connectivity index (χ2n) is 17.9. The first-order chi connectivity index (χ1) is 33.5. The first kappa shape index (κ1) is 45.2. The van der Waals surface area contributed by atoms with Gasteiger partial charge in [0.2, 0.25) is 0 Å². The molecule has 0 unspecified atom stereocenters. The predicted molar refractivity (Wildman–Crippen MR) is 281 cm³/mol. The molecule has 0 aliphatic heterocycles. The Hall–Kier alpha value is -7.62. The molecule has 0 aliphatic rings. The second-order valence-corrected chi connectivity index (χ2v) is 17.9. The number of aryl methyl sites for hydroxylation is 6. The number of hydrogen-bond donors (Lipinski definition) is 0. The third kappa shape index (κ3) is 10.2. The number of rotatable bonds is 12. The molecule has 11 aromatic rings. The predicted octanol–water partition coefficient (Wildman–Crippen LogP) is 15.8. The molecule has 4 heteroatoms. The van der Waals surface area contributed by atoms with Crippen molar-refractivity contribution in [1.82, 2.24) is 15.0 Å². The van der Waals surface area contributed by atoms with Crippen molar-refractivity contribution in [1.29, 1.82) is 0 Å². The minimum Gasteiger partial charge on any atom is -0.305 e. The Kier molecular flexibility index (Phi) is 13.3. The number of pyridine rings is 3. The van der Waals surface area contributed by atoms with Gasteiger partial charge in [0.1, 0.15) is 0 Å². The molecule has 3 heterocycles. The normalized spacial score (nSPS) is 11.2.